The van der Waals surface area contributed by atoms with Crippen LogP contribution in [0.1, 0.15) is 0 Å². The van der Waals surface area contributed by atoms with Crippen LogP contribution in [0.25, 0.3) is 0 Å². The Balaban J connectivity index is 2.38. The van der Waals surface area contributed by atoms with Gasteiger partial charge in [0, 0.05) is 19.6 Å². The maximum atomic E-state index is 11.0. The molecule has 0 spiro atoms. The Kier molecular flexibility index (Phi) is 3.10. The van der Waals surface area contributed by atoms with Crippen LogP contribution in [0.4, 0.5) is 4.79 Å². The Morgan fingerprint density at radius 1 is 1.62 bits per heavy atom. The number of nitrogens with zero attached hydrogens (tertiary/aromatic N) is 1. The standard InChI is InChI=1S/C6H13N3O3S/c1-7-13(11,12)5-4-9-3-2-8-6(9)10/h7H,2-5H2,1H3,(H,8,10). The van der Waals surface area contributed by atoms with E-state index in [4.69, 9.17) is 0 Å². The predicted molar refractivity (Wildman–Crippen MR) is 47.8 cm³/mol. The van der Waals surface area contributed by atoms with E-state index in [2.05, 4.69) is 10.0 Å². The summed E-state index contributed by atoms with van der Waals surface area (Å²) in [6, 6.07) is -0.189. The third kappa shape index (κ3) is 2.85. The SMILES string of the molecule is CNS(=O)(=O)CCN1CCNC1=O. The molecule has 6 nitrogen and oxygen atoms in total. The average molecular weight is 207 g/mol. The molecule has 0 atom stereocenters. The number of hydrogen-bond acceptors (Lipinski definition) is 3. The first kappa shape index (κ1) is 10.3. The molecule has 1 aliphatic rings. The van der Waals surface area contributed by atoms with Crippen molar-refractivity contribution in [3.8, 4) is 0 Å². The second kappa shape index (κ2) is 3.93. The van der Waals surface area contributed by atoms with Crippen LogP contribution < -0.4 is 10.0 Å². The maximum Gasteiger partial charge on any atom is 0.317 e. The largest absolute Gasteiger partial charge is 0.336 e. The number of urea groups is 1. The molecule has 0 bridgehead atoms. The second-order valence-electron chi connectivity index (χ2n) is 2.74. The van der Waals surface area contributed by atoms with Crippen molar-refractivity contribution in [2.24, 2.45) is 0 Å². The van der Waals surface area contributed by atoms with Crippen molar-refractivity contribution in [3.05, 3.63) is 0 Å². The molecule has 1 heterocycles. The number of hydrogen-bond donors (Lipinski definition) is 2. The van der Waals surface area contributed by atoms with Crippen LogP contribution >= 0.6 is 0 Å². The lowest BCUT2D eigenvalue weighted by Gasteiger charge is -2.13. The van der Waals surface area contributed by atoms with Crippen molar-refractivity contribution < 1.29 is 13.2 Å². The normalized spacial score (nSPS) is 17.6. The van der Waals surface area contributed by atoms with Crippen LogP contribution in [0.3, 0.4) is 0 Å². The van der Waals surface area contributed by atoms with Crippen LogP contribution in [0.2, 0.25) is 0 Å². The molecule has 0 aromatic carbocycles. The van der Waals surface area contributed by atoms with E-state index in [1.807, 2.05) is 0 Å². The van der Waals surface area contributed by atoms with E-state index >= 15 is 0 Å². The van der Waals surface area contributed by atoms with E-state index in [1.54, 1.807) is 0 Å². The van der Waals surface area contributed by atoms with E-state index in [1.165, 1.54) is 11.9 Å². The van der Waals surface area contributed by atoms with Crippen molar-refractivity contribution in [1.82, 2.24) is 14.9 Å². The van der Waals surface area contributed by atoms with Crippen LogP contribution in [0.15, 0.2) is 0 Å². The van der Waals surface area contributed by atoms with E-state index in [-0.39, 0.29) is 18.3 Å². The lowest BCUT2D eigenvalue weighted by Crippen LogP contribution is -2.35. The first-order chi connectivity index (χ1) is 6.05. The van der Waals surface area contributed by atoms with Crippen LogP contribution in [0.5, 0.6) is 0 Å². The van der Waals surface area contributed by atoms with Crippen molar-refractivity contribution in [1.29, 1.82) is 0 Å². The third-order valence-corrected chi connectivity index (χ3v) is 3.23. The van der Waals surface area contributed by atoms with Crippen LogP contribution in [-0.4, -0.2) is 51.8 Å². The Hall–Kier alpha value is -0.820. The molecule has 2 amide bonds. The summed E-state index contributed by atoms with van der Waals surface area (Å²) in [5, 5.41) is 2.60. The molecule has 76 valence electrons. The Morgan fingerprint density at radius 2 is 2.31 bits per heavy atom. The minimum absolute atomic E-state index is 0.0447. The van der Waals surface area contributed by atoms with Gasteiger partial charge in [-0.2, -0.15) is 0 Å². The Bertz CT molecular complexity index is 287. The van der Waals surface area contributed by atoms with Gasteiger partial charge in [-0.25, -0.2) is 17.9 Å². The molecule has 0 aliphatic carbocycles. The monoisotopic (exact) mass is 207 g/mol. The molecule has 1 aliphatic heterocycles. The lowest BCUT2D eigenvalue weighted by molar-refractivity contribution is 0.220. The summed E-state index contributed by atoms with van der Waals surface area (Å²) in [4.78, 5) is 12.5. The molecule has 0 radical (unpaired) electrons. The van der Waals surface area contributed by atoms with Crippen LogP contribution in [-0.2, 0) is 10.0 Å². The zero-order valence-corrected chi connectivity index (χ0v) is 8.23. The smallest absolute Gasteiger partial charge is 0.317 e. The molecular formula is C6H13N3O3S. The van der Waals surface area contributed by atoms with E-state index in [0.717, 1.165) is 0 Å². The van der Waals surface area contributed by atoms with Crippen molar-refractivity contribution in [2.45, 2.75) is 0 Å². The van der Waals surface area contributed by atoms with Gasteiger partial charge in [0.2, 0.25) is 10.0 Å². The molecule has 1 fully saturated rings. The summed E-state index contributed by atoms with van der Waals surface area (Å²) in [7, 11) is -1.84. The predicted octanol–water partition coefficient (Wildman–Crippen LogP) is -1.44. The molecule has 1 rings (SSSR count). The minimum atomic E-state index is -3.20. The van der Waals surface area contributed by atoms with Crippen molar-refractivity contribution in [3.63, 3.8) is 0 Å². The fourth-order valence-corrected chi connectivity index (χ4v) is 1.72. The van der Waals surface area contributed by atoms with Gasteiger partial charge in [0.15, 0.2) is 0 Å². The zero-order chi connectivity index (χ0) is 9.90. The molecule has 13 heavy (non-hydrogen) atoms. The van der Waals surface area contributed by atoms with Gasteiger partial charge in [-0.3, -0.25) is 0 Å². The number of sulfonamides is 1. The molecule has 2 N–H and O–H groups in total. The number of nitrogens with one attached hydrogen (secondary N) is 2. The van der Waals surface area contributed by atoms with Gasteiger partial charge in [0.1, 0.15) is 0 Å². The molecular weight excluding hydrogens is 194 g/mol. The highest BCUT2D eigenvalue weighted by molar-refractivity contribution is 7.89. The molecule has 0 aromatic heterocycles. The fraction of sp³-hybridized carbons (Fsp3) is 0.833. The van der Waals surface area contributed by atoms with Gasteiger partial charge in [-0.1, -0.05) is 0 Å². The van der Waals surface area contributed by atoms with Crippen molar-refractivity contribution >= 4 is 16.1 Å². The Morgan fingerprint density at radius 3 is 2.77 bits per heavy atom. The highest BCUT2D eigenvalue weighted by Crippen LogP contribution is 1.96. The average Bonchev–Trinajstić information content (AvgIpc) is 2.48. The van der Waals surface area contributed by atoms with Gasteiger partial charge in [0.05, 0.1) is 5.75 Å². The third-order valence-electron chi connectivity index (χ3n) is 1.89. The maximum absolute atomic E-state index is 11.0. The van der Waals surface area contributed by atoms with Gasteiger partial charge in [0.25, 0.3) is 0 Å². The lowest BCUT2D eigenvalue weighted by atomic mass is 10.6. The zero-order valence-electron chi connectivity index (χ0n) is 7.41. The van der Waals surface area contributed by atoms with E-state index < -0.39 is 10.0 Å². The quantitative estimate of drug-likeness (QED) is 0.592. The summed E-state index contributed by atoms with van der Waals surface area (Å²) in [6.07, 6.45) is 0. The summed E-state index contributed by atoms with van der Waals surface area (Å²) >= 11 is 0. The summed E-state index contributed by atoms with van der Waals surface area (Å²) in [6.45, 7) is 1.42. The Labute approximate surface area is 77.3 Å². The molecule has 0 aromatic rings. The second-order valence-corrected chi connectivity index (χ2v) is 4.79. The summed E-state index contributed by atoms with van der Waals surface area (Å²) in [5.41, 5.74) is 0. The van der Waals surface area contributed by atoms with Crippen LogP contribution in [0, 0.1) is 0 Å². The molecule has 0 saturated carbocycles. The highest BCUT2D eigenvalue weighted by Gasteiger charge is 2.20. The summed E-state index contributed by atoms with van der Waals surface area (Å²) in [5.74, 6) is -0.0447. The van der Waals surface area contributed by atoms with Gasteiger partial charge >= 0.3 is 6.03 Å². The topological polar surface area (TPSA) is 78.5 Å². The van der Waals surface area contributed by atoms with Crippen molar-refractivity contribution in [2.75, 3.05) is 32.4 Å². The number of rotatable bonds is 4. The molecule has 7 heteroatoms. The molecule has 0 unspecified atom stereocenters. The van der Waals surface area contributed by atoms with Gasteiger partial charge < -0.3 is 10.2 Å². The molecule has 1 saturated heterocycles. The summed E-state index contributed by atoms with van der Waals surface area (Å²) < 4.78 is 24.2. The number of carbonyl (C=O) groups is 1. The van der Waals surface area contributed by atoms with Gasteiger partial charge in [-0.15, -0.1) is 0 Å². The van der Waals surface area contributed by atoms with E-state index in [9.17, 15) is 13.2 Å². The first-order valence-electron chi connectivity index (χ1n) is 3.99. The highest BCUT2D eigenvalue weighted by atomic mass is 32.2. The van der Waals surface area contributed by atoms with E-state index in [0.29, 0.717) is 13.1 Å². The minimum Gasteiger partial charge on any atom is -0.336 e. The van der Waals surface area contributed by atoms with Gasteiger partial charge in [-0.05, 0) is 7.05 Å². The number of amides is 2. The fourth-order valence-electron chi connectivity index (χ4n) is 1.06. The number of carbonyl (C=O) groups excluding carboxylic acids is 1. The first-order valence-corrected chi connectivity index (χ1v) is 5.64.